The lowest BCUT2D eigenvalue weighted by atomic mass is 9.97. The number of benzene rings is 2. The maximum Gasteiger partial charge on any atom is 0.280 e. The topological polar surface area (TPSA) is 81.5 Å². The minimum atomic E-state index is -0.425. The van der Waals surface area contributed by atoms with E-state index in [1.54, 1.807) is 17.4 Å². The van der Waals surface area contributed by atoms with E-state index in [4.69, 9.17) is 11.5 Å². The number of carbonyl (C=O) groups is 1. The predicted molar refractivity (Wildman–Crippen MR) is 96.9 cm³/mol. The molecule has 4 N–H and O–H groups in total. The number of carbonyl (C=O) groups excluding carboxylic acids is 1. The van der Waals surface area contributed by atoms with Crippen molar-refractivity contribution in [3.8, 4) is 11.1 Å². The zero-order valence-corrected chi connectivity index (χ0v) is 13.8. The van der Waals surface area contributed by atoms with E-state index in [1.165, 1.54) is 21.6 Å². The number of guanidine groups is 1. The molecular weight excluding hydrogens is 306 g/mol. The Morgan fingerprint density at radius 3 is 2.52 bits per heavy atom. The van der Waals surface area contributed by atoms with Crippen LogP contribution >= 0.6 is 11.3 Å². The van der Waals surface area contributed by atoms with Crippen molar-refractivity contribution in [1.82, 2.24) is 0 Å². The Kier molecular flexibility index (Phi) is 3.88. The zero-order valence-electron chi connectivity index (χ0n) is 13.0. The Hall–Kier alpha value is -2.66. The molecule has 0 unspecified atom stereocenters. The molecule has 0 saturated heterocycles. The SMILES string of the molecule is Cc1ccccc1-c1c(C)sc2ccc(C(=O)N=C(N)N)cc12. The fourth-order valence-electron chi connectivity index (χ4n) is 2.72. The summed E-state index contributed by atoms with van der Waals surface area (Å²) in [4.78, 5) is 16.9. The summed E-state index contributed by atoms with van der Waals surface area (Å²) in [5.74, 6) is -0.651. The van der Waals surface area contributed by atoms with Gasteiger partial charge in [0.1, 0.15) is 0 Å². The van der Waals surface area contributed by atoms with Crippen molar-refractivity contribution in [1.29, 1.82) is 0 Å². The van der Waals surface area contributed by atoms with Crippen LogP contribution in [0.2, 0.25) is 0 Å². The number of thiophene rings is 1. The van der Waals surface area contributed by atoms with Crippen molar-refractivity contribution in [2.75, 3.05) is 0 Å². The minimum Gasteiger partial charge on any atom is -0.370 e. The van der Waals surface area contributed by atoms with Crippen LogP contribution in [0.15, 0.2) is 47.5 Å². The van der Waals surface area contributed by atoms with Gasteiger partial charge < -0.3 is 11.5 Å². The van der Waals surface area contributed by atoms with Crippen molar-refractivity contribution >= 4 is 33.3 Å². The van der Waals surface area contributed by atoms with E-state index in [-0.39, 0.29) is 5.96 Å². The Morgan fingerprint density at radius 2 is 1.83 bits per heavy atom. The lowest BCUT2D eigenvalue weighted by Gasteiger charge is -2.06. The van der Waals surface area contributed by atoms with Crippen molar-refractivity contribution in [2.45, 2.75) is 13.8 Å². The minimum absolute atomic E-state index is 0.226. The number of nitrogens with two attached hydrogens (primary N) is 2. The summed E-state index contributed by atoms with van der Waals surface area (Å²) >= 11 is 1.72. The van der Waals surface area contributed by atoms with Gasteiger partial charge in [0.25, 0.3) is 5.91 Å². The fraction of sp³-hybridized carbons (Fsp3) is 0.111. The molecule has 1 aromatic heterocycles. The summed E-state index contributed by atoms with van der Waals surface area (Å²) in [6.45, 7) is 4.19. The van der Waals surface area contributed by atoms with E-state index < -0.39 is 5.91 Å². The largest absolute Gasteiger partial charge is 0.370 e. The summed E-state index contributed by atoms with van der Waals surface area (Å²) in [6, 6.07) is 13.8. The van der Waals surface area contributed by atoms with Crippen LogP contribution < -0.4 is 11.5 Å². The lowest BCUT2D eigenvalue weighted by Crippen LogP contribution is -2.24. The van der Waals surface area contributed by atoms with E-state index in [1.807, 2.05) is 24.3 Å². The molecule has 0 radical (unpaired) electrons. The second-order valence-corrected chi connectivity index (χ2v) is 6.66. The maximum atomic E-state index is 12.1. The van der Waals surface area contributed by atoms with Crippen molar-refractivity contribution in [3.63, 3.8) is 0 Å². The number of rotatable bonds is 2. The Labute approximate surface area is 138 Å². The van der Waals surface area contributed by atoms with Crippen LogP contribution in [0.4, 0.5) is 0 Å². The molecule has 5 heteroatoms. The molecule has 2 aromatic carbocycles. The van der Waals surface area contributed by atoms with Crippen LogP contribution in [0.3, 0.4) is 0 Å². The first kappa shape index (κ1) is 15.2. The predicted octanol–water partition coefficient (Wildman–Crippen LogP) is 3.60. The molecule has 0 aliphatic carbocycles. The number of hydrogen-bond donors (Lipinski definition) is 2. The van der Waals surface area contributed by atoms with Crippen molar-refractivity contribution in [3.05, 3.63) is 58.5 Å². The van der Waals surface area contributed by atoms with Gasteiger partial charge in [-0.05, 0) is 43.2 Å². The highest BCUT2D eigenvalue weighted by Gasteiger charge is 2.15. The second kappa shape index (κ2) is 5.85. The molecule has 1 amide bonds. The molecule has 3 aromatic rings. The summed E-state index contributed by atoms with van der Waals surface area (Å²) in [7, 11) is 0. The Balaban J connectivity index is 2.23. The quantitative estimate of drug-likeness (QED) is 0.558. The Morgan fingerprint density at radius 1 is 1.09 bits per heavy atom. The fourth-order valence-corrected chi connectivity index (χ4v) is 3.78. The van der Waals surface area contributed by atoms with Crippen LogP contribution in [0.5, 0.6) is 0 Å². The molecule has 0 atom stereocenters. The third-order valence-electron chi connectivity index (χ3n) is 3.76. The first-order valence-corrected chi connectivity index (χ1v) is 8.02. The highest BCUT2D eigenvalue weighted by molar-refractivity contribution is 7.19. The highest BCUT2D eigenvalue weighted by Crippen LogP contribution is 2.39. The first-order valence-electron chi connectivity index (χ1n) is 7.20. The Bertz CT molecular complexity index is 937. The van der Waals surface area contributed by atoms with Crippen molar-refractivity contribution < 1.29 is 4.79 Å². The number of fused-ring (bicyclic) bond motifs is 1. The van der Waals surface area contributed by atoms with Crippen LogP contribution in [-0.4, -0.2) is 11.9 Å². The average molecular weight is 323 g/mol. The summed E-state index contributed by atoms with van der Waals surface area (Å²) < 4.78 is 1.14. The molecule has 0 saturated carbocycles. The van der Waals surface area contributed by atoms with Crippen LogP contribution in [-0.2, 0) is 0 Å². The number of aryl methyl sites for hydroxylation is 2. The van der Waals surface area contributed by atoms with E-state index in [2.05, 4.69) is 31.0 Å². The molecule has 0 bridgehead atoms. The maximum absolute atomic E-state index is 12.1. The number of hydrogen-bond acceptors (Lipinski definition) is 2. The van der Waals surface area contributed by atoms with Crippen molar-refractivity contribution in [2.24, 2.45) is 16.5 Å². The average Bonchev–Trinajstić information content (AvgIpc) is 2.82. The summed E-state index contributed by atoms with van der Waals surface area (Å²) in [5.41, 5.74) is 14.6. The van der Waals surface area contributed by atoms with Gasteiger partial charge >= 0.3 is 0 Å². The molecule has 116 valence electrons. The first-order chi connectivity index (χ1) is 11.0. The van der Waals surface area contributed by atoms with Gasteiger partial charge in [-0.2, -0.15) is 4.99 Å². The number of aliphatic imine (C=N–C) groups is 1. The third kappa shape index (κ3) is 2.83. The molecular formula is C18H17N3OS. The van der Waals surface area contributed by atoms with E-state index in [0.717, 1.165) is 10.1 Å². The molecule has 4 nitrogen and oxygen atoms in total. The number of amides is 1. The molecule has 0 spiro atoms. The van der Waals surface area contributed by atoms with Gasteiger partial charge in [0, 0.05) is 26.1 Å². The second-order valence-electron chi connectivity index (χ2n) is 5.40. The van der Waals surface area contributed by atoms with E-state index in [9.17, 15) is 4.79 Å². The molecule has 23 heavy (non-hydrogen) atoms. The van der Waals surface area contributed by atoms with E-state index in [0.29, 0.717) is 5.56 Å². The van der Waals surface area contributed by atoms with E-state index >= 15 is 0 Å². The van der Waals surface area contributed by atoms with Crippen LogP contribution in [0.25, 0.3) is 21.2 Å². The standard InChI is InChI=1S/C18H17N3OS/c1-10-5-3-4-6-13(10)16-11(2)23-15-8-7-12(9-14(15)16)17(22)21-18(19)20/h3-9H,1-2H3,(H4,19,20,21,22). The van der Waals surface area contributed by atoms with Crippen LogP contribution in [0, 0.1) is 13.8 Å². The van der Waals surface area contributed by atoms with Crippen LogP contribution in [0.1, 0.15) is 20.8 Å². The van der Waals surface area contributed by atoms with Gasteiger partial charge in [-0.15, -0.1) is 11.3 Å². The van der Waals surface area contributed by atoms with Gasteiger partial charge in [0.15, 0.2) is 5.96 Å². The van der Waals surface area contributed by atoms with Gasteiger partial charge in [-0.3, -0.25) is 4.79 Å². The smallest absolute Gasteiger partial charge is 0.280 e. The molecule has 0 aliphatic heterocycles. The molecule has 1 heterocycles. The van der Waals surface area contributed by atoms with Gasteiger partial charge in [-0.25, -0.2) is 0 Å². The molecule has 0 fully saturated rings. The monoisotopic (exact) mass is 323 g/mol. The van der Waals surface area contributed by atoms with Gasteiger partial charge in [0.2, 0.25) is 0 Å². The normalized spacial score (nSPS) is 10.7. The highest BCUT2D eigenvalue weighted by atomic mass is 32.1. The summed E-state index contributed by atoms with van der Waals surface area (Å²) in [5, 5.41) is 1.05. The molecule has 0 aliphatic rings. The third-order valence-corrected chi connectivity index (χ3v) is 4.84. The lowest BCUT2D eigenvalue weighted by molar-refractivity contribution is 0.100. The summed E-state index contributed by atoms with van der Waals surface area (Å²) in [6.07, 6.45) is 0. The van der Waals surface area contributed by atoms with Gasteiger partial charge in [-0.1, -0.05) is 24.3 Å². The zero-order chi connectivity index (χ0) is 16.6. The van der Waals surface area contributed by atoms with Gasteiger partial charge in [0.05, 0.1) is 0 Å². The number of nitrogens with zero attached hydrogens (tertiary/aromatic N) is 1. The molecule has 3 rings (SSSR count).